The molecular weight excluding hydrogens is 476 g/mol. The number of anilines is 3. The quantitative estimate of drug-likeness (QED) is 0.388. The molecule has 0 atom stereocenters. The average Bonchev–Trinajstić information content (AvgIpc) is 3.53. The molecule has 0 saturated heterocycles. The monoisotopic (exact) mass is 504 g/mol. The van der Waals surface area contributed by atoms with Crippen LogP contribution in [0, 0.1) is 6.92 Å². The molecule has 1 N–H and O–H groups in total. The van der Waals surface area contributed by atoms with Gasteiger partial charge in [0.15, 0.2) is 0 Å². The number of benzene rings is 2. The van der Waals surface area contributed by atoms with Crippen LogP contribution in [0.15, 0.2) is 66.0 Å². The molecule has 1 aliphatic heterocycles. The lowest BCUT2D eigenvalue weighted by molar-refractivity contribution is 0.414. The van der Waals surface area contributed by atoms with E-state index in [2.05, 4.69) is 29.2 Å². The van der Waals surface area contributed by atoms with Crippen LogP contribution in [0.25, 0.3) is 11.3 Å². The van der Waals surface area contributed by atoms with Crippen LogP contribution in [-0.4, -0.2) is 41.8 Å². The fraction of sp³-hybridized carbons (Fsp3) is 0.269. The first-order chi connectivity index (χ1) is 17.3. The summed E-state index contributed by atoms with van der Waals surface area (Å²) in [5.41, 5.74) is 5.13. The van der Waals surface area contributed by atoms with Crippen LogP contribution in [0.4, 0.5) is 17.3 Å². The highest BCUT2D eigenvalue weighted by molar-refractivity contribution is 7.92. The summed E-state index contributed by atoms with van der Waals surface area (Å²) >= 11 is 0. The molecule has 0 fully saturated rings. The number of sulfonamides is 1. The van der Waals surface area contributed by atoms with Crippen LogP contribution in [0.3, 0.4) is 0 Å². The van der Waals surface area contributed by atoms with Crippen molar-refractivity contribution in [1.29, 1.82) is 0 Å². The highest BCUT2D eigenvalue weighted by Crippen LogP contribution is 2.35. The summed E-state index contributed by atoms with van der Waals surface area (Å²) in [6.07, 6.45) is 6.20. The third kappa shape index (κ3) is 4.39. The maximum Gasteiger partial charge on any atom is 0.264 e. The predicted molar refractivity (Wildman–Crippen MR) is 139 cm³/mol. The summed E-state index contributed by atoms with van der Waals surface area (Å²) in [4.78, 5) is 9.39. The van der Waals surface area contributed by atoms with Crippen molar-refractivity contribution >= 4 is 27.3 Å². The Morgan fingerprint density at radius 1 is 1.08 bits per heavy atom. The van der Waals surface area contributed by atoms with Crippen molar-refractivity contribution in [3.05, 3.63) is 72.2 Å². The van der Waals surface area contributed by atoms with Gasteiger partial charge in [-0.25, -0.2) is 18.4 Å². The highest BCUT2D eigenvalue weighted by atomic mass is 32.2. The van der Waals surface area contributed by atoms with Crippen LogP contribution >= 0.6 is 0 Å². The van der Waals surface area contributed by atoms with E-state index in [1.165, 1.54) is 4.31 Å². The first-order valence-corrected chi connectivity index (χ1v) is 13.1. The zero-order chi connectivity index (χ0) is 25.4. The van der Waals surface area contributed by atoms with E-state index < -0.39 is 10.0 Å². The number of nitrogens with zero attached hydrogens (tertiary/aromatic N) is 5. The van der Waals surface area contributed by atoms with Gasteiger partial charge < -0.3 is 10.1 Å². The molecule has 186 valence electrons. The van der Waals surface area contributed by atoms with Gasteiger partial charge in [-0.3, -0.25) is 8.99 Å². The lowest BCUT2D eigenvalue weighted by Crippen LogP contribution is -2.29. The van der Waals surface area contributed by atoms with Gasteiger partial charge in [0, 0.05) is 36.2 Å². The summed E-state index contributed by atoms with van der Waals surface area (Å²) in [5, 5.41) is 7.69. The van der Waals surface area contributed by atoms with Crippen LogP contribution in [0.1, 0.15) is 31.0 Å². The van der Waals surface area contributed by atoms with Crippen molar-refractivity contribution in [2.75, 3.05) is 23.3 Å². The summed E-state index contributed by atoms with van der Waals surface area (Å²) in [5.74, 6) is 1.08. The van der Waals surface area contributed by atoms with Crippen molar-refractivity contribution in [3.8, 4) is 17.0 Å². The largest absolute Gasteiger partial charge is 0.497 e. The SMILES string of the molecule is COc1ccc(S(=O)(=O)N2CCc3cc(Nc4ncc(C)c(-c5cnn(C(C)C)c5)n4)ccc32)cc1. The standard InChI is InChI=1S/C26H28N6O3S/c1-17(2)31-16-20(15-28-31)25-18(3)14-27-26(30-25)29-21-5-10-24-19(13-21)11-12-32(24)36(33,34)23-8-6-22(35-4)7-9-23/h5-10,13-17H,11-12H2,1-4H3,(H,27,29,30). The Labute approximate surface area is 210 Å². The second-order valence-corrected chi connectivity index (χ2v) is 10.9. The molecule has 0 radical (unpaired) electrons. The number of nitrogens with one attached hydrogen (secondary N) is 1. The molecule has 0 amide bonds. The van der Waals surface area contributed by atoms with Gasteiger partial charge in [0.05, 0.1) is 29.6 Å². The Bertz CT molecular complexity index is 1510. The van der Waals surface area contributed by atoms with Crippen molar-refractivity contribution in [2.45, 2.75) is 38.1 Å². The Morgan fingerprint density at radius 3 is 2.56 bits per heavy atom. The molecular formula is C26H28N6O3S. The van der Waals surface area contributed by atoms with E-state index in [1.54, 1.807) is 37.6 Å². The minimum absolute atomic E-state index is 0.236. The van der Waals surface area contributed by atoms with E-state index in [4.69, 9.17) is 9.72 Å². The zero-order valence-corrected chi connectivity index (χ0v) is 21.5. The molecule has 0 unspecified atom stereocenters. The topological polar surface area (TPSA) is 102 Å². The molecule has 0 spiro atoms. The molecule has 1 aliphatic rings. The lowest BCUT2D eigenvalue weighted by Gasteiger charge is -2.20. The van der Waals surface area contributed by atoms with Gasteiger partial charge in [0.25, 0.3) is 10.0 Å². The maximum atomic E-state index is 13.3. The number of fused-ring (bicyclic) bond motifs is 1. The van der Waals surface area contributed by atoms with Crippen molar-refractivity contribution < 1.29 is 13.2 Å². The highest BCUT2D eigenvalue weighted by Gasteiger charge is 2.31. The molecule has 3 heterocycles. The lowest BCUT2D eigenvalue weighted by atomic mass is 10.1. The third-order valence-electron chi connectivity index (χ3n) is 6.21. The molecule has 4 aromatic rings. The summed E-state index contributed by atoms with van der Waals surface area (Å²) < 4.78 is 35.0. The second-order valence-electron chi connectivity index (χ2n) is 9.00. The predicted octanol–water partition coefficient (Wildman–Crippen LogP) is 4.73. The molecule has 0 saturated carbocycles. The van der Waals surface area contributed by atoms with Crippen LogP contribution in [0.2, 0.25) is 0 Å². The average molecular weight is 505 g/mol. The number of aromatic nitrogens is 4. The van der Waals surface area contributed by atoms with Gasteiger partial charge in [-0.1, -0.05) is 0 Å². The number of methoxy groups -OCH3 is 1. The van der Waals surface area contributed by atoms with Crippen LogP contribution < -0.4 is 14.4 Å². The Balaban J connectivity index is 1.38. The van der Waals surface area contributed by atoms with E-state index in [0.717, 1.165) is 28.1 Å². The van der Waals surface area contributed by atoms with E-state index in [-0.39, 0.29) is 10.9 Å². The number of rotatable bonds is 7. The first kappa shape index (κ1) is 23.8. The minimum atomic E-state index is -3.67. The first-order valence-electron chi connectivity index (χ1n) is 11.7. The third-order valence-corrected chi connectivity index (χ3v) is 8.04. The number of ether oxygens (including phenoxy) is 1. The van der Waals surface area contributed by atoms with Crippen LogP contribution in [-0.2, 0) is 16.4 Å². The van der Waals surface area contributed by atoms with Crippen LogP contribution in [0.5, 0.6) is 5.75 Å². The van der Waals surface area contributed by atoms with Gasteiger partial charge in [-0.15, -0.1) is 0 Å². The Morgan fingerprint density at radius 2 is 1.86 bits per heavy atom. The molecule has 5 rings (SSSR count). The molecule has 2 aromatic carbocycles. The van der Waals surface area contributed by atoms with Crippen molar-refractivity contribution in [1.82, 2.24) is 19.7 Å². The number of hydrogen-bond acceptors (Lipinski definition) is 7. The smallest absolute Gasteiger partial charge is 0.264 e. The molecule has 9 nitrogen and oxygen atoms in total. The van der Waals surface area contributed by atoms with Gasteiger partial charge >= 0.3 is 0 Å². The molecule has 0 bridgehead atoms. The van der Waals surface area contributed by atoms with Crippen molar-refractivity contribution in [3.63, 3.8) is 0 Å². The molecule has 0 aliphatic carbocycles. The summed E-state index contributed by atoms with van der Waals surface area (Å²) in [6, 6.07) is 12.3. The van der Waals surface area contributed by atoms with E-state index in [0.29, 0.717) is 30.4 Å². The normalized spacial score (nSPS) is 13.2. The van der Waals surface area contributed by atoms with E-state index in [9.17, 15) is 8.42 Å². The molecule has 2 aromatic heterocycles. The fourth-order valence-electron chi connectivity index (χ4n) is 4.24. The van der Waals surface area contributed by atoms with Gasteiger partial charge in [-0.2, -0.15) is 5.10 Å². The van der Waals surface area contributed by atoms with E-state index in [1.807, 2.05) is 42.2 Å². The Kier molecular flexibility index (Phi) is 6.13. The second kappa shape index (κ2) is 9.27. The summed E-state index contributed by atoms with van der Waals surface area (Å²) in [7, 11) is -2.12. The zero-order valence-electron chi connectivity index (χ0n) is 20.6. The fourth-order valence-corrected chi connectivity index (χ4v) is 5.74. The van der Waals surface area contributed by atoms with E-state index >= 15 is 0 Å². The Hall–Kier alpha value is -3.92. The van der Waals surface area contributed by atoms with Gasteiger partial charge in [0.2, 0.25) is 5.95 Å². The number of hydrogen-bond donors (Lipinski definition) is 1. The maximum absolute atomic E-state index is 13.3. The molecule has 10 heteroatoms. The number of aryl methyl sites for hydroxylation is 1. The minimum Gasteiger partial charge on any atom is -0.497 e. The summed E-state index contributed by atoms with van der Waals surface area (Å²) in [6.45, 7) is 6.51. The van der Waals surface area contributed by atoms with Crippen molar-refractivity contribution in [2.24, 2.45) is 0 Å². The van der Waals surface area contributed by atoms with Gasteiger partial charge in [-0.05, 0) is 80.8 Å². The molecule has 36 heavy (non-hydrogen) atoms. The van der Waals surface area contributed by atoms with Gasteiger partial charge in [0.1, 0.15) is 5.75 Å².